The molecule has 1 aliphatic carbocycles. The molecule has 5 nitrogen and oxygen atoms in total. The molecule has 0 amide bonds. The Morgan fingerprint density at radius 1 is 1.27 bits per heavy atom. The Labute approximate surface area is 158 Å². The second-order valence-electron chi connectivity index (χ2n) is 7.44. The Balaban J connectivity index is 1.57. The number of carbonyl (C=O) groups excluding carboxylic acids is 1. The van der Waals surface area contributed by atoms with Crippen LogP contribution in [-0.4, -0.2) is 15.9 Å². The molecule has 142 valence electrons. The van der Waals surface area contributed by atoms with Gasteiger partial charge in [0.15, 0.2) is 0 Å². The fourth-order valence-corrected chi connectivity index (χ4v) is 4.85. The number of hydrogen-bond acceptors (Lipinski definition) is 5. The Kier molecular flexibility index (Phi) is 6.12. The largest absolute Gasteiger partial charge is 0.457 e. The summed E-state index contributed by atoms with van der Waals surface area (Å²) in [4.78, 5) is 33.7. The molecule has 1 fully saturated rings. The molecular formula is C20H28N2O3S. The average Bonchev–Trinajstić information content (AvgIpc) is 2.92. The van der Waals surface area contributed by atoms with Crippen molar-refractivity contribution in [3.05, 3.63) is 26.6 Å². The number of nitrogens with one attached hydrogen (secondary N) is 1. The maximum atomic E-state index is 12.4. The van der Waals surface area contributed by atoms with E-state index in [2.05, 4.69) is 16.9 Å². The smallest absolute Gasteiger partial charge is 0.309 e. The van der Waals surface area contributed by atoms with Crippen molar-refractivity contribution in [1.82, 2.24) is 9.97 Å². The zero-order valence-corrected chi connectivity index (χ0v) is 16.7. The number of carbonyl (C=O) groups is 1. The predicted molar refractivity (Wildman–Crippen MR) is 104 cm³/mol. The van der Waals surface area contributed by atoms with E-state index in [1.807, 2.05) is 13.8 Å². The maximum absolute atomic E-state index is 12.4. The van der Waals surface area contributed by atoms with Crippen molar-refractivity contribution in [2.24, 2.45) is 11.8 Å². The number of esters is 1. The summed E-state index contributed by atoms with van der Waals surface area (Å²) in [5, 5.41) is 0.646. The fraction of sp³-hybridized carbons (Fsp3) is 0.650. The minimum Gasteiger partial charge on any atom is -0.457 e. The first kappa shape index (κ1) is 19.1. The monoisotopic (exact) mass is 376 g/mol. The third-order valence-electron chi connectivity index (χ3n) is 5.59. The highest BCUT2D eigenvalue weighted by atomic mass is 32.1. The molecule has 3 rings (SSSR count). The number of nitrogens with zero attached hydrogens (tertiary/aromatic N) is 1. The summed E-state index contributed by atoms with van der Waals surface area (Å²) in [7, 11) is 0. The number of aromatic nitrogens is 2. The van der Waals surface area contributed by atoms with Gasteiger partial charge in [-0.1, -0.05) is 26.2 Å². The zero-order chi connectivity index (χ0) is 18.7. The van der Waals surface area contributed by atoms with E-state index >= 15 is 0 Å². The molecule has 2 aromatic heterocycles. The topological polar surface area (TPSA) is 72.0 Å². The van der Waals surface area contributed by atoms with Crippen molar-refractivity contribution >= 4 is 27.5 Å². The zero-order valence-electron chi connectivity index (χ0n) is 15.9. The van der Waals surface area contributed by atoms with Crippen molar-refractivity contribution in [1.29, 1.82) is 0 Å². The van der Waals surface area contributed by atoms with Crippen LogP contribution in [0.15, 0.2) is 4.79 Å². The number of hydrogen-bond donors (Lipinski definition) is 1. The van der Waals surface area contributed by atoms with Crippen LogP contribution in [0.4, 0.5) is 0 Å². The number of ether oxygens (including phenoxy) is 1. The number of unbranched alkanes of at least 4 members (excludes halogenated alkanes) is 1. The van der Waals surface area contributed by atoms with Gasteiger partial charge in [0, 0.05) is 4.88 Å². The highest BCUT2D eigenvalue weighted by molar-refractivity contribution is 7.18. The van der Waals surface area contributed by atoms with E-state index < -0.39 is 0 Å². The molecule has 0 atom stereocenters. The van der Waals surface area contributed by atoms with Gasteiger partial charge in [-0.05, 0) is 51.0 Å². The second-order valence-corrected chi connectivity index (χ2v) is 8.65. The molecule has 0 unspecified atom stereocenters. The van der Waals surface area contributed by atoms with Crippen LogP contribution in [0.5, 0.6) is 0 Å². The number of aryl methyl sites for hydroxylation is 2. The first-order valence-electron chi connectivity index (χ1n) is 9.65. The molecule has 2 aromatic rings. The molecule has 1 N–H and O–H groups in total. The van der Waals surface area contributed by atoms with Crippen LogP contribution >= 0.6 is 11.3 Å². The fourth-order valence-electron chi connectivity index (χ4n) is 3.80. The molecule has 6 heteroatoms. The number of H-pyrrole nitrogens is 1. The van der Waals surface area contributed by atoms with Crippen molar-refractivity contribution in [2.75, 3.05) is 0 Å². The summed E-state index contributed by atoms with van der Waals surface area (Å²) in [5.74, 6) is 1.04. The SMILES string of the molecule is CCCCC1CCC(C(=O)OCc2nc3sc(C)c(C)c3c(=O)[nH]2)CC1. The van der Waals surface area contributed by atoms with Gasteiger partial charge in [-0.3, -0.25) is 9.59 Å². The Hall–Kier alpha value is -1.69. The van der Waals surface area contributed by atoms with Gasteiger partial charge in [-0.15, -0.1) is 11.3 Å². The van der Waals surface area contributed by atoms with Crippen molar-refractivity contribution < 1.29 is 9.53 Å². The second kappa shape index (κ2) is 8.33. The van der Waals surface area contributed by atoms with Crippen LogP contribution in [-0.2, 0) is 16.1 Å². The Morgan fingerprint density at radius 3 is 2.69 bits per heavy atom. The van der Waals surface area contributed by atoms with E-state index in [1.165, 1.54) is 30.6 Å². The summed E-state index contributed by atoms with van der Waals surface area (Å²) in [6.45, 7) is 6.17. The van der Waals surface area contributed by atoms with Crippen molar-refractivity contribution in [2.45, 2.75) is 72.3 Å². The van der Waals surface area contributed by atoms with Gasteiger partial charge in [0.2, 0.25) is 0 Å². The van der Waals surface area contributed by atoms with E-state index in [0.29, 0.717) is 16.0 Å². The number of thiophene rings is 1. The molecule has 0 aliphatic heterocycles. The third kappa shape index (κ3) is 4.17. The maximum Gasteiger partial charge on any atom is 0.309 e. The lowest BCUT2D eigenvalue weighted by atomic mass is 9.80. The van der Waals surface area contributed by atoms with Gasteiger partial charge >= 0.3 is 5.97 Å². The van der Waals surface area contributed by atoms with Crippen LogP contribution in [0, 0.1) is 25.7 Å². The summed E-state index contributed by atoms with van der Waals surface area (Å²) in [6.07, 6.45) is 7.87. The molecule has 26 heavy (non-hydrogen) atoms. The molecular weight excluding hydrogens is 348 g/mol. The van der Waals surface area contributed by atoms with Gasteiger partial charge in [0.1, 0.15) is 17.3 Å². The lowest BCUT2D eigenvalue weighted by Gasteiger charge is -2.27. The molecule has 2 heterocycles. The van der Waals surface area contributed by atoms with Crippen LogP contribution in [0.1, 0.15) is 68.1 Å². The Bertz CT molecular complexity index is 831. The molecule has 0 spiro atoms. The standard InChI is InChI=1S/C20H28N2O3S/c1-4-5-6-14-7-9-15(10-8-14)20(24)25-11-16-21-18(23)17-12(2)13(3)26-19(17)22-16/h14-15H,4-11H2,1-3H3,(H,21,22,23). The number of fused-ring (bicyclic) bond motifs is 1. The van der Waals surface area contributed by atoms with Gasteiger partial charge < -0.3 is 9.72 Å². The van der Waals surface area contributed by atoms with Crippen LogP contribution in [0.3, 0.4) is 0 Å². The van der Waals surface area contributed by atoms with E-state index in [1.54, 1.807) is 0 Å². The predicted octanol–water partition coefficient (Wildman–Crippen LogP) is 4.64. The highest BCUT2D eigenvalue weighted by Crippen LogP contribution is 2.32. The molecule has 0 aromatic carbocycles. The van der Waals surface area contributed by atoms with E-state index in [0.717, 1.165) is 42.0 Å². The number of rotatable bonds is 6. The lowest BCUT2D eigenvalue weighted by molar-refractivity contribution is -0.151. The minimum atomic E-state index is -0.153. The normalized spacial score (nSPS) is 20.4. The first-order chi connectivity index (χ1) is 12.5. The third-order valence-corrected chi connectivity index (χ3v) is 6.69. The van der Waals surface area contributed by atoms with Gasteiger partial charge in [0.25, 0.3) is 5.56 Å². The lowest BCUT2D eigenvalue weighted by Crippen LogP contribution is -2.24. The van der Waals surface area contributed by atoms with Crippen LogP contribution < -0.4 is 5.56 Å². The summed E-state index contributed by atoms with van der Waals surface area (Å²) in [6, 6.07) is 0. The van der Waals surface area contributed by atoms with Gasteiger partial charge in [-0.2, -0.15) is 0 Å². The van der Waals surface area contributed by atoms with Gasteiger partial charge in [-0.25, -0.2) is 4.98 Å². The molecule has 0 radical (unpaired) electrons. The van der Waals surface area contributed by atoms with Crippen LogP contribution in [0.25, 0.3) is 10.2 Å². The minimum absolute atomic E-state index is 0.00504. The summed E-state index contributed by atoms with van der Waals surface area (Å²) < 4.78 is 5.46. The molecule has 1 saturated carbocycles. The quantitative estimate of drug-likeness (QED) is 0.745. The van der Waals surface area contributed by atoms with E-state index in [-0.39, 0.29) is 24.1 Å². The van der Waals surface area contributed by atoms with E-state index in [4.69, 9.17) is 4.74 Å². The van der Waals surface area contributed by atoms with Crippen molar-refractivity contribution in [3.8, 4) is 0 Å². The molecule has 1 aliphatic rings. The summed E-state index contributed by atoms with van der Waals surface area (Å²) in [5.41, 5.74) is 0.821. The Morgan fingerprint density at radius 2 is 2.00 bits per heavy atom. The highest BCUT2D eigenvalue weighted by Gasteiger charge is 2.27. The summed E-state index contributed by atoms with van der Waals surface area (Å²) >= 11 is 1.50. The molecule has 0 saturated heterocycles. The average molecular weight is 377 g/mol. The van der Waals surface area contributed by atoms with E-state index in [9.17, 15) is 9.59 Å². The van der Waals surface area contributed by atoms with Crippen molar-refractivity contribution in [3.63, 3.8) is 0 Å². The first-order valence-corrected chi connectivity index (χ1v) is 10.5. The number of aromatic amines is 1. The molecule has 0 bridgehead atoms. The van der Waals surface area contributed by atoms with Crippen LogP contribution in [0.2, 0.25) is 0 Å². The van der Waals surface area contributed by atoms with Gasteiger partial charge in [0.05, 0.1) is 11.3 Å².